The quantitative estimate of drug-likeness (QED) is 0.891. The zero-order chi connectivity index (χ0) is 13.0. The smallest absolute Gasteiger partial charge is 0.159 e. The van der Waals surface area contributed by atoms with E-state index in [-0.39, 0.29) is 0 Å². The van der Waals surface area contributed by atoms with Crippen molar-refractivity contribution >= 4 is 0 Å². The van der Waals surface area contributed by atoms with Crippen molar-refractivity contribution in [3.8, 4) is 0 Å². The minimum atomic E-state index is -0.775. The molecular weight excluding hydrogens is 234 g/mol. The molecule has 1 N–H and O–H groups in total. The normalized spacial score (nSPS) is 21.8. The zero-order valence-corrected chi connectivity index (χ0v) is 10.8. The number of nitrogens with one attached hydrogen (secondary N) is 1. The molecule has 1 aliphatic rings. The largest absolute Gasteiger partial charge is 0.313 e. The molecule has 1 saturated heterocycles. The molecule has 100 valence electrons. The van der Waals surface area contributed by atoms with Crippen LogP contribution < -0.4 is 5.32 Å². The van der Waals surface area contributed by atoms with Crippen LogP contribution in [0.15, 0.2) is 18.2 Å². The van der Waals surface area contributed by atoms with Gasteiger partial charge < -0.3 is 5.32 Å². The minimum Gasteiger partial charge on any atom is -0.313 e. The van der Waals surface area contributed by atoms with Gasteiger partial charge in [0.05, 0.1) is 0 Å². The highest BCUT2D eigenvalue weighted by Crippen LogP contribution is 2.13. The Kier molecular flexibility index (Phi) is 4.66. The summed E-state index contributed by atoms with van der Waals surface area (Å²) in [5.41, 5.74) is 0.839. The van der Waals surface area contributed by atoms with Crippen LogP contribution in [0.4, 0.5) is 8.78 Å². The molecule has 2 rings (SSSR count). The highest BCUT2D eigenvalue weighted by atomic mass is 19.2. The van der Waals surface area contributed by atoms with Crippen molar-refractivity contribution in [1.82, 2.24) is 10.2 Å². The van der Waals surface area contributed by atoms with Gasteiger partial charge in [-0.2, -0.15) is 0 Å². The highest BCUT2D eigenvalue weighted by molar-refractivity contribution is 5.17. The van der Waals surface area contributed by atoms with E-state index in [2.05, 4.69) is 17.1 Å². The van der Waals surface area contributed by atoms with Crippen LogP contribution in [0.1, 0.15) is 25.3 Å². The van der Waals surface area contributed by atoms with Crippen LogP contribution in [-0.2, 0) is 6.54 Å². The van der Waals surface area contributed by atoms with Gasteiger partial charge in [0.2, 0.25) is 0 Å². The van der Waals surface area contributed by atoms with E-state index in [4.69, 9.17) is 0 Å². The molecule has 0 aliphatic carbocycles. The summed E-state index contributed by atoms with van der Waals surface area (Å²) in [5.74, 6) is -1.53. The summed E-state index contributed by atoms with van der Waals surface area (Å²) in [4.78, 5) is 2.31. The Morgan fingerprint density at radius 3 is 2.89 bits per heavy atom. The van der Waals surface area contributed by atoms with Crippen LogP contribution in [0.2, 0.25) is 0 Å². The maximum Gasteiger partial charge on any atom is 0.159 e. The molecular formula is C14H20F2N2. The number of hydrogen-bond donors (Lipinski definition) is 1. The predicted molar refractivity (Wildman–Crippen MR) is 68.3 cm³/mol. The molecule has 0 radical (unpaired) electrons. The van der Waals surface area contributed by atoms with Crippen LogP contribution in [0.3, 0.4) is 0 Å². The Balaban J connectivity index is 2.00. The summed E-state index contributed by atoms with van der Waals surface area (Å²) >= 11 is 0. The third-order valence-corrected chi connectivity index (χ3v) is 3.45. The van der Waals surface area contributed by atoms with Crippen molar-refractivity contribution in [1.29, 1.82) is 0 Å². The first-order valence-corrected chi connectivity index (χ1v) is 6.58. The van der Waals surface area contributed by atoms with Gasteiger partial charge in [-0.25, -0.2) is 8.78 Å². The lowest BCUT2D eigenvalue weighted by Gasteiger charge is -2.23. The molecule has 0 spiro atoms. The van der Waals surface area contributed by atoms with E-state index in [1.165, 1.54) is 12.1 Å². The Hall–Kier alpha value is -1.00. The van der Waals surface area contributed by atoms with Gasteiger partial charge in [0.15, 0.2) is 11.6 Å². The van der Waals surface area contributed by atoms with Crippen molar-refractivity contribution in [2.45, 2.75) is 32.4 Å². The average Bonchev–Trinajstić information content (AvgIpc) is 2.59. The summed E-state index contributed by atoms with van der Waals surface area (Å²) in [6, 6.07) is 4.67. The first-order chi connectivity index (χ1) is 8.69. The van der Waals surface area contributed by atoms with Gasteiger partial charge >= 0.3 is 0 Å². The van der Waals surface area contributed by atoms with Gasteiger partial charge in [-0.15, -0.1) is 0 Å². The van der Waals surface area contributed by atoms with E-state index in [1.54, 1.807) is 6.07 Å². The summed E-state index contributed by atoms with van der Waals surface area (Å²) in [7, 11) is 0. The van der Waals surface area contributed by atoms with Gasteiger partial charge in [0.25, 0.3) is 0 Å². The van der Waals surface area contributed by atoms with E-state index >= 15 is 0 Å². The van der Waals surface area contributed by atoms with Crippen molar-refractivity contribution in [3.63, 3.8) is 0 Å². The molecule has 1 fully saturated rings. The molecule has 1 aromatic carbocycles. The lowest BCUT2D eigenvalue weighted by atomic mass is 10.1. The summed E-state index contributed by atoms with van der Waals surface area (Å²) in [6.45, 7) is 5.86. The van der Waals surface area contributed by atoms with Gasteiger partial charge in [-0.3, -0.25) is 4.90 Å². The van der Waals surface area contributed by atoms with Crippen LogP contribution in [0.25, 0.3) is 0 Å². The molecule has 1 aliphatic heterocycles. The van der Waals surface area contributed by atoms with Crippen molar-refractivity contribution in [2.24, 2.45) is 0 Å². The van der Waals surface area contributed by atoms with E-state index in [0.717, 1.165) is 38.0 Å². The maximum atomic E-state index is 13.2. The third-order valence-electron chi connectivity index (χ3n) is 3.45. The minimum absolute atomic E-state index is 0.498. The van der Waals surface area contributed by atoms with E-state index < -0.39 is 11.6 Å². The Morgan fingerprint density at radius 2 is 2.17 bits per heavy atom. The fourth-order valence-electron chi connectivity index (χ4n) is 2.39. The average molecular weight is 254 g/mol. The second-order valence-corrected chi connectivity index (χ2v) is 4.90. The van der Waals surface area contributed by atoms with Gasteiger partial charge in [0.1, 0.15) is 0 Å². The fraction of sp³-hybridized carbons (Fsp3) is 0.571. The molecule has 0 bridgehead atoms. The second kappa shape index (κ2) is 6.25. The van der Waals surface area contributed by atoms with Crippen molar-refractivity contribution < 1.29 is 8.78 Å². The Morgan fingerprint density at radius 1 is 1.33 bits per heavy atom. The molecule has 1 aromatic rings. The first kappa shape index (κ1) is 13.4. The van der Waals surface area contributed by atoms with Gasteiger partial charge in [-0.05, 0) is 43.6 Å². The lowest BCUT2D eigenvalue weighted by Crippen LogP contribution is -2.36. The fourth-order valence-corrected chi connectivity index (χ4v) is 2.39. The van der Waals surface area contributed by atoms with Crippen LogP contribution in [0.5, 0.6) is 0 Å². The molecule has 1 unspecified atom stereocenters. The predicted octanol–water partition coefficient (Wildman–Crippen LogP) is 2.54. The SMILES string of the molecule is CCC1CN(Cc2ccc(F)c(F)c2)CCCN1. The lowest BCUT2D eigenvalue weighted by molar-refractivity contribution is 0.257. The Bertz CT molecular complexity index is 395. The number of rotatable bonds is 3. The Labute approximate surface area is 107 Å². The van der Waals surface area contributed by atoms with Crippen molar-refractivity contribution in [3.05, 3.63) is 35.4 Å². The highest BCUT2D eigenvalue weighted by Gasteiger charge is 2.16. The third kappa shape index (κ3) is 3.50. The molecule has 18 heavy (non-hydrogen) atoms. The van der Waals surface area contributed by atoms with E-state index in [0.29, 0.717) is 12.6 Å². The number of hydrogen-bond acceptors (Lipinski definition) is 2. The molecule has 0 amide bonds. The van der Waals surface area contributed by atoms with Gasteiger partial charge in [0, 0.05) is 19.1 Å². The van der Waals surface area contributed by atoms with Crippen LogP contribution >= 0.6 is 0 Å². The van der Waals surface area contributed by atoms with E-state index in [9.17, 15) is 8.78 Å². The summed E-state index contributed by atoms with van der Waals surface area (Å²) in [6.07, 6.45) is 2.19. The molecule has 0 aromatic heterocycles. The molecule has 2 nitrogen and oxygen atoms in total. The molecule has 0 saturated carbocycles. The number of benzene rings is 1. The van der Waals surface area contributed by atoms with Crippen molar-refractivity contribution in [2.75, 3.05) is 19.6 Å². The zero-order valence-electron chi connectivity index (χ0n) is 10.8. The standard InChI is InChI=1S/C14H20F2N2/c1-2-12-10-18(7-3-6-17-12)9-11-4-5-13(15)14(16)8-11/h4-5,8,12,17H,2-3,6-7,9-10H2,1H3. The molecule has 4 heteroatoms. The van der Waals surface area contributed by atoms with Gasteiger partial charge in [-0.1, -0.05) is 13.0 Å². The number of nitrogens with zero attached hydrogens (tertiary/aromatic N) is 1. The maximum absolute atomic E-state index is 13.2. The summed E-state index contributed by atoms with van der Waals surface area (Å²) < 4.78 is 26.0. The first-order valence-electron chi connectivity index (χ1n) is 6.58. The van der Waals surface area contributed by atoms with Crippen LogP contribution in [-0.4, -0.2) is 30.6 Å². The summed E-state index contributed by atoms with van der Waals surface area (Å²) in [5, 5.41) is 3.49. The van der Waals surface area contributed by atoms with Crippen LogP contribution in [0, 0.1) is 11.6 Å². The topological polar surface area (TPSA) is 15.3 Å². The number of halogens is 2. The molecule has 1 heterocycles. The second-order valence-electron chi connectivity index (χ2n) is 4.90. The van der Waals surface area contributed by atoms with E-state index in [1.807, 2.05) is 0 Å². The monoisotopic (exact) mass is 254 g/mol. The molecule has 1 atom stereocenters.